The van der Waals surface area contributed by atoms with Crippen LogP contribution in [0.1, 0.15) is 19.4 Å². The van der Waals surface area contributed by atoms with Crippen LogP contribution in [-0.2, 0) is 6.54 Å². The van der Waals surface area contributed by atoms with E-state index in [1.54, 1.807) is 11.8 Å². The summed E-state index contributed by atoms with van der Waals surface area (Å²) in [6.07, 6.45) is 2.12. The first-order valence-corrected chi connectivity index (χ1v) is 6.74. The standard InChI is InChI=1S/C13H22N2S.ClH/c1-13(2,14)10-15(3)9-11-7-5-6-8-12(11)16-4;/h5-8H,9-10,14H2,1-4H3;1H. The fourth-order valence-corrected chi connectivity index (χ4v) is 2.49. The van der Waals surface area contributed by atoms with E-state index >= 15 is 0 Å². The maximum Gasteiger partial charge on any atom is 0.0242 e. The summed E-state index contributed by atoms with van der Waals surface area (Å²) in [5.74, 6) is 0. The number of benzene rings is 1. The van der Waals surface area contributed by atoms with Crippen LogP contribution in [0.15, 0.2) is 29.2 Å². The topological polar surface area (TPSA) is 29.3 Å². The van der Waals surface area contributed by atoms with Gasteiger partial charge in [-0.15, -0.1) is 24.2 Å². The van der Waals surface area contributed by atoms with Crippen LogP contribution in [0.4, 0.5) is 0 Å². The molecule has 0 fully saturated rings. The molecule has 2 nitrogen and oxygen atoms in total. The first kappa shape index (κ1) is 16.8. The van der Waals surface area contributed by atoms with E-state index in [1.165, 1.54) is 10.5 Å². The quantitative estimate of drug-likeness (QED) is 0.837. The fourth-order valence-electron chi connectivity index (χ4n) is 1.88. The zero-order chi connectivity index (χ0) is 12.2. The van der Waals surface area contributed by atoms with Crippen molar-refractivity contribution in [1.29, 1.82) is 0 Å². The summed E-state index contributed by atoms with van der Waals surface area (Å²) >= 11 is 1.80. The molecule has 2 N–H and O–H groups in total. The molecule has 0 saturated heterocycles. The van der Waals surface area contributed by atoms with E-state index in [1.807, 2.05) is 0 Å². The molecule has 0 saturated carbocycles. The first-order chi connectivity index (χ1) is 7.42. The Kier molecular flexibility index (Phi) is 7.17. The predicted molar refractivity (Wildman–Crippen MR) is 80.1 cm³/mol. The Bertz CT molecular complexity index is 336. The summed E-state index contributed by atoms with van der Waals surface area (Å²) in [6, 6.07) is 8.53. The Morgan fingerprint density at radius 3 is 2.41 bits per heavy atom. The zero-order valence-electron chi connectivity index (χ0n) is 11.1. The van der Waals surface area contributed by atoms with Crippen LogP contribution in [0, 0.1) is 0 Å². The van der Waals surface area contributed by atoms with Crippen LogP contribution < -0.4 is 5.73 Å². The molecule has 0 aliphatic rings. The lowest BCUT2D eigenvalue weighted by molar-refractivity contribution is 0.262. The molecular weight excluding hydrogens is 252 g/mol. The Morgan fingerprint density at radius 1 is 1.29 bits per heavy atom. The monoisotopic (exact) mass is 274 g/mol. The van der Waals surface area contributed by atoms with Crippen molar-refractivity contribution in [1.82, 2.24) is 4.90 Å². The molecule has 1 aromatic rings. The molecule has 0 aliphatic carbocycles. The van der Waals surface area contributed by atoms with Crippen LogP contribution in [-0.4, -0.2) is 30.3 Å². The second-order valence-electron chi connectivity index (χ2n) is 4.97. The summed E-state index contributed by atoms with van der Waals surface area (Å²) in [6.45, 7) is 5.97. The molecule has 4 heteroatoms. The molecular formula is C13H23ClN2S. The number of nitrogens with zero attached hydrogens (tertiary/aromatic N) is 1. The van der Waals surface area contributed by atoms with Crippen LogP contribution >= 0.6 is 24.2 Å². The van der Waals surface area contributed by atoms with Crippen molar-refractivity contribution in [2.45, 2.75) is 30.8 Å². The van der Waals surface area contributed by atoms with Crippen molar-refractivity contribution >= 4 is 24.2 Å². The number of thioether (sulfide) groups is 1. The number of hydrogen-bond acceptors (Lipinski definition) is 3. The third-order valence-electron chi connectivity index (χ3n) is 2.31. The second kappa shape index (κ2) is 7.27. The van der Waals surface area contributed by atoms with Gasteiger partial charge in [-0.2, -0.15) is 0 Å². The fraction of sp³-hybridized carbons (Fsp3) is 0.538. The largest absolute Gasteiger partial charge is 0.324 e. The van der Waals surface area contributed by atoms with Crippen molar-refractivity contribution < 1.29 is 0 Å². The number of hydrogen-bond donors (Lipinski definition) is 1. The summed E-state index contributed by atoms with van der Waals surface area (Å²) in [5, 5.41) is 0. The van der Waals surface area contributed by atoms with Crippen LogP contribution in [0.25, 0.3) is 0 Å². The van der Waals surface area contributed by atoms with Crippen LogP contribution in [0.3, 0.4) is 0 Å². The van der Waals surface area contributed by atoms with Gasteiger partial charge in [0.1, 0.15) is 0 Å². The summed E-state index contributed by atoms with van der Waals surface area (Å²) in [5.41, 5.74) is 7.25. The highest BCUT2D eigenvalue weighted by atomic mass is 35.5. The predicted octanol–water partition coefficient (Wildman–Crippen LogP) is 3.00. The van der Waals surface area contributed by atoms with Crippen LogP contribution in [0.5, 0.6) is 0 Å². The van der Waals surface area contributed by atoms with E-state index < -0.39 is 0 Å². The van der Waals surface area contributed by atoms with Gasteiger partial charge in [0.15, 0.2) is 0 Å². The molecule has 0 amide bonds. The van der Waals surface area contributed by atoms with Gasteiger partial charge >= 0.3 is 0 Å². The second-order valence-corrected chi connectivity index (χ2v) is 5.82. The average molecular weight is 275 g/mol. The highest BCUT2D eigenvalue weighted by Gasteiger charge is 2.14. The minimum Gasteiger partial charge on any atom is -0.324 e. The lowest BCUT2D eigenvalue weighted by Crippen LogP contribution is -2.43. The van der Waals surface area contributed by atoms with E-state index in [9.17, 15) is 0 Å². The van der Waals surface area contributed by atoms with Crippen molar-refractivity contribution in [2.75, 3.05) is 19.8 Å². The lowest BCUT2D eigenvalue weighted by atomic mass is 10.1. The van der Waals surface area contributed by atoms with Gasteiger partial charge in [0.25, 0.3) is 0 Å². The van der Waals surface area contributed by atoms with Crippen molar-refractivity contribution in [3.8, 4) is 0 Å². The normalized spacial score (nSPS) is 11.4. The minimum atomic E-state index is -0.136. The Labute approximate surface area is 115 Å². The summed E-state index contributed by atoms with van der Waals surface area (Å²) in [4.78, 5) is 3.62. The molecule has 0 atom stereocenters. The number of rotatable bonds is 5. The van der Waals surface area contributed by atoms with Crippen molar-refractivity contribution in [2.24, 2.45) is 5.73 Å². The van der Waals surface area contributed by atoms with E-state index in [0.717, 1.165) is 13.1 Å². The third-order valence-corrected chi connectivity index (χ3v) is 3.15. The van der Waals surface area contributed by atoms with Gasteiger partial charge in [0.05, 0.1) is 0 Å². The Morgan fingerprint density at radius 2 is 1.88 bits per heavy atom. The molecule has 0 heterocycles. The van der Waals surface area contributed by atoms with Crippen molar-refractivity contribution in [3.05, 3.63) is 29.8 Å². The maximum absolute atomic E-state index is 6.01. The van der Waals surface area contributed by atoms with Gasteiger partial charge in [-0.1, -0.05) is 18.2 Å². The first-order valence-electron chi connectivity index (χ1n) is 5.52. The number of likely N-dealkylation sites (N-methyl/N-ethyl adjacent to an activating group) is 1. The molecule has 1 aromatic carbocycles. The van der Waals surface area contributed by atoms with Crippen molar-refractivity contribution in [3.63, 3.8) is 0 Å². The smallest absolute Gasteiger partial charge is 0.0242 e. The molecule has 0 aromatic heterocycles. The van der Waals surface area contributed by atoms with Crippen LogP contribution in [0.2, 0.25) is 0 Å². The zero-order valence-corrected chi connectivity index (χ0v) is 12.7. The minimum absolute atomic E-state index is 0. The highest BCUT2D eigenvalue weighted by molar-refractivity contribution is 7.98. The van der Waals surface area contributed by atoms with Gasteiger partial charge < -0.3 is 10.6 Å². The van der Waals surface area contributed by atoms with E-state index in [2.05, 4.69) is 56.3 Å². The SMILES string of the molecule is CSc1ccccc1CN(C)CC(C)(C)N.Cl. The van der Waals surface area contributed by atoms with Gasteiger partial charge in [-0.3, -0.25) is 0 Å². The van der Waals surface area contributed by atoms with Gasteiger partial charge in [-0.05, 0) is 38.8 Å². The van der Waals surface area contributed by atoms with Gasteiger partial charge in [0.2, 0.25) is 0 Å². The molecule has 0 aliphatic heterocycles. The Hall–Kier alpha value is -0.220. The van der Waals surface area contributed by atoms with E-state index in [-0.39, 0.29) is 17.9 Å². The van der Waals surface area contributed by atoms with E-state index in [0.29, 0.717) is 0 Å². The summed E-state index contributed by atoms with van der Waals surface area (Å²) < 4.78 is 0. The number of nitrogens with two attached hydrogens (primary N) is 1. The van der Waals surface area contributed by atoms with Gasteiger partial charge in [0, 0.05) is 23.5 Å². The van der Waals surface area contributed by atoms with E-state index in [4.69, 9.17) is 5.73 Å². The highest BCUT2D eigenvalue weighted by Crippen LogP contribution is 2.21. The molecule has 0 radical (unpaired) electrons. The Balaban J connectivity index is 0.00000256. The average Bonchev–Trinajstić information content (AvgIpc) is 2.15. The molecule has 0 unspecified atom stereocenters. The maximum atomic E-state index is 6.01. The number of halogens is 1. The lowest BCUT2D eigenvalue weighted by Gasteiger charge is -2.27. The molecule has 17 heavy (non-hydrogen) atoms. The summed E-state index contributed by atoms with van der Waals surface area (Å²) in [7, 11) is 2.12. The molecule has 98 valence electrons. The molecule has 0 bridgehead atoms. The molecule has 0 spiro atoms. The molecule has 1 rings (SSSR count). The third kappa shape index (κ3) is 6.32. The van der Waals surface area contributed by atoms with Gasteiger partial charge in [-0.25, -0.2) is 0 Å².